The van der Waals surface area contributed by atoms with E-state index in [0.717, 1.165) is 23.6 Å². The van der Waals surface area contributed by atoms with Crippen LogP contribution in [0.4, 0.5) is 10.5 Å². The van der Waals surface area contributed by atoms with E-state index >= 15 is 0 Å². The van der Waals surface area contributed by atoms with Gasteiger partial charge in [0.1, 0.15) is 11.9 Å². The van der Waals surface area contributed by atoms with Gasteiger partial charge in [0.2, 0.25) is 0 Å². The predicted octanol–water partition coefficient (Wildman–Crippen LogP) is 4.11. The van der Waals surface area contributed by atoms with Crippen LogP contribution in [-0.4, -0.2) is 21.7 Å². The van der Waals surface area contributed by atoms with Crippen LogP contribution in [0.2, 0.25) is 5.02 Å². The van der Waals surface area contributed by atoms with E-state index in [2.05, 4.69) is 10.3 Å². The number of nitrogens with two attached hydrogens (primary N) is 1. The zero-order valence-corrected chi connectivity index (χ0v) is 15.5. The average Bonchev–Trinajstić information content (AvgIpc) is 3.15. The topological polar surface area (TPSA) is 82.2 Å². The molecule has 0 radical (unpaired) electrons. The maximum absolute atomic E-state index is 10.9. The molecule has 0 aliphatic carbocycles. The summed E-state index contributed by atoms with van der Waals surface area (Å²) in [5.41, 5.74) is 6.96. The molecule has 0 saturated heterocycles. The van der Waals surface area contributed by atoms with Crippen LogP contribution in [0, 0.1) is 0 Å². The van der Waals surface area contributed by atoms with Gasteiger partial charge in [0, 0.05) is 23.1 Å². The third kappa shape index (κ3) is 6.04. The molecule has 0 bridgehead atoms. The van der Waals surface area contributed by atoms with Crippen LogP contribution in [0.3, 0.4) is 0 Å². The second-order valence-electron chi connectivity index (χ2n) is 6.18. The number of anilines is 1. The van der Waals surface area contributed by atoms with Gasteiger partial charge in [0.25, 0.3) is 0 Å². The molecule has 6 nitrogen and oxygen atoms in total. The molecule has 3 rings (SSSR count). The first-order valence-corrected chi connectivity index (χ1v) is 8.99. The van der Waals surface area contributed by atoms with Crippen molar-refractivity contribution in [3.63, 3.8) is 0 Å². The van der Waals surface area contributed by atoms with Crippen molar-refractivity contribution in [3.05, 3.63) is 77.8 Å². The minimum Gasteiger partial charge on any atom is -0.489 e. The van der Waals surface area contributed by atoms with E-state index in [1.54, 1.807) is 24.7 Å². The number of amides is 2. The van der Waals surface area contributed by atoms with Gasteiger partial charge in [-0.2, -0.15) is 0 Å². The molecule has 0 saturated carbocycles. The van der Waals surface area contributed by atoms with Gasteiger partial charge in [-0.1, -0.05) is 23.7 Å². The van der Waals surface area contributed by atoms with E-state index < -0.39 is 6.03 Å². The molecule has 1 unspecified atom stereocenters. The highest BCUT2D eigenvalue weighted by molar-refractivity contribution is 6.30. The maximum Gasteiger partial charge on any atom is 0.316 e. The molecule has 7 heteroatoms. The number of urea groups is 1. The Balaban J connectivity index is 1.65. The Kier molecular flexibility index (Phi) is 6.33. The van der Waals surface area contributed by atoms with Crippen LogP contribution >= 0.6 is 11.6 Å². The van der Waals surface area contributed by atoms with E-state index in [9.17, 15) is 4.79 Å². The highest BCUT2D eigenvalue weighted by atomic mass is 35.5. The minimum atomic E-state index is -0.593. The summed E-state index contributed by atoms with van der Waals surface area (Å²) in [5.74, 6) is 0.728. The molecule has 3 aromatic rings. The quantitative estimate of drug-likeness (QED) is 0.613. The number of hydrogen-bond donors (Lipinski definition) is 2. The Labute approximate surface area is 162 Å². The first-order chi connectivity index (χ1) is 13.1. The zero-order chi connectivity index (χ0) is 19.1. The van der Waals surface area contributed by atoms with Gasteiger partial charge in [-0.15, -0.1) is 0 Å². The van der Waals surface area contributed by atoms with Crippen LogP contribution in [0.5, 0.6) is 5.75 Å². The second-order valence-corrected chi connectivity index (χ2v) is 6.61. The molecule has 0 aliphatic rings. The number of nitrogens with one attached hydrogen (secondary N) is 1. The second kappa shape index (κ2) is 9.09. The largest absolute Gasteiger partial charge is 0.489 e. The molecule has 0 fully saturated rings. The highest BCUT2D eigenvalue weighted by Crippen LogP contribution is 2.20. The lowest BCUT2D eigenvalue weighted by Gasteiger charge is -2.20. The number of aromatic nitrogens is 2. The molecule has 140 valence electrons. The molecule has 1 heterocycles. The molecule has 3 N–H and O–H groups in total. The normalized spacial score (nSPS) is 11.7. The van der Waals surface area contributed by atoms with Gasteiger partial charge < -0.3 is 20.4 Å². The van der Waals surface area contributed by atoms with Gasteiger partial charge in [-0.25, -0.2) is 9.78 Å². The van der Waals surface area contributed by atoms with E-state index in [-0.39, 0.29) is 6.10 Å². The number of aryl methyl sites for hydroxylation is 1. The van der Waals surface area contributed by atoms with E-state index in [0.29, 0.717) is 12.2 Å². The monoisotopic (exact) mass is 384 g/mol. The number of imidazole rings is 1. The lowest BCUT2D eigenvalue weighted by Crippen LogP contribution is -2.23. The van der Waals surface area contributed by atoms with Crippen molar-refractivity contribution in [2.45, 2.75) is 25.5 Å². The summed E-state index contributed by atoms with van der Waals surface area (Å²) in [6.07, 6.45) is 7.11. The van der Waals surface area contributed by atoms with E-state index in [1.807, 2.05) is 47.2 Å². The summed E-state index contributed by atoms with van der Waals surface area (Å²) >= 11 is 5.95. The third-order valence-electron chi connectivity index (χ3n) is 4.07. The lowest BCUT2D eigenvalue weighted by molar-refractivity contribution is 0.170. The number of carbonyl (C=O) groups excluding carboxylic acids is 1. The first kappa shape index (κ1) is 18.8. The molecule has 1 atom stereocenters. The molecule has 1 aromatic heterocycles. The molecule has 2 aromatic carbocycles. The fraction of sp³-hybridized carbons (Fsp3) is 0.200. The Morgan fingerprint density at radius 1 is 1.19 bits per heavy atom. The van der Waals surface area contributed by atoms with Gasteiger partial charge in [0.05, 0.1) is 12.9 Å². The summed E-state index contributed by atoms with van der Waals surface area (Å²) in [5, 5.41) is 3.26. The molecule has 0 spiro atoms. The highest BCUT2D eigenvalue weighted by Gasteiger charge is 2.12. The van der Waals surface area contributed by atoms with Crippen molar-refractivity contribution >= 4 is 23.3 Å². The number of hydrogen-bond acceptors (Lipinski definition) is 3. The van der Waals surface area contributed by atoms with E-state index in [4.69, 9.17) is 22.1 Å². The van der Waals surface area contributed by atoms with Gasteiger partial charge in [-0.3, -0.25) is 0 Å². The number of carbonyl (C=O) groups is 1. The minimum absolute atomic E-state index is 0.0372. The van der Waals surface area contributed by atoms with Crippen molar-refractivity contribution in [1.29, 1.82) is 0 Å². The molecule has 0 aliphatic heterocycles. The first-order valence-electron chi connectivity index (χ1n) is 8.62. The van der Waals surface area contributed by atoms with Crippen LogP contribution in [0.15, 0.2) is 67.3 Å². The van der Waals surface area contributed by atoms with Crippen molar-refractivity contribution in [1.82, 2.24) is 9.55 Å². The summed E-state index contributed by atoms with van der Waals surface area (Å²) in [4.78, 5) is 15.0. The fourth-order valence-electron chi connectivity index (χ4n) is 2.75. The van der Waals surface area contributed by atoms with Crippen LogP contribution in [-0.2, 0) is 13.0 Å². The Bertz CT molecular complexity index is 849. The van der Waals surface area contributed by atoms with E-state index in [1.165, 1.54) is 5.56 Å². The SMILES string of the molecule is NC(=O)Nc1ccc(OC(CCc2ccc(Cl)cc2)Cn2ccnc2)cc1. The van der Waals surface area contributed by atoms with Gasteiger partial charge in [-0.05, 0) is 54.8 Å². The van der Waals surface area contributed by atoms with Crippen molar-refractivity contribution < 1.29 is 9.53 Å². The summed E-state index contributed by atoms with van der Waals surface area (Å²) in [7, 11) is 0. The average molecular weight is 385 g/mol. The van der Waals surface area contributed by atoms with Crippen molar-refractivity contribution in [3.8, 4) is 5.75 Å². The van der Waals surface area contributed by atoms with Crippen molar-refractivity contribution in [2.24, 2.45) is 5.73 Å². The van der Waals surface area contributed by atoms with Gasteiger partial charge in [0.15, 0.2) is 0 Å². The smallest absolute Gasteiger partial charge is 0.316 e. The standard InChI is InChI=1S/C20H21ClN4O2/c21-16-4-1-15(2-5-16)3-8-19(13-25-12-11-23-14-25)27-18-9-6-17(7-10-18)24-20(22)26/h1-2,4-7,9-12,14,19H,3,8,13H2,(H3,22,24,26). The predicted molar refractivity (Wildman–Crippen MR) is 106 cm³/mol. The summed E-state index contributed by atoms with van der Waals surface area (Å²) < 4.78 is 8.17. The number of ether oxygens (including phenoxy) is 1. The zero-order valence-electron chi connectivity index (χ0n) is 14.7. The number of nitrogens with zero attached hydrogens (tertiary/aromatic N) is 2. The summed E-state index contributed by atoms with van der Waals surface area (Å²) in [6.45, 7) is 0.689. The number of benzene rings is 2. The number of primary amides is 1. The molecule has 2 amide bonds. The third-order valence-corrected chi connectivity index (χ3v) is 4.32. The Morgan fingerprint density at radius 3 is 2.56 bits per heavy atom. The van der Waals surface area contributed by atoms with Crippen LogP contribution in [0.25, 0.3) is 0 Å². The lowest BCUT2D eigenvalue weighted by atomic mass is 10.1. The summed E-state index contributed by atoms with van der Waals surface area (Å²) in [6, 6.07) is 14.4. The molecule has 27 heavy (non-hydrogen) atoms. The molecular formula is C20H21ClN4O2. The molecular weight excluding hydrogens is 364 g/mol. The fourth-order valence-corrected chi connectivity index (χ4v) is 2.87. The van der Waals surface area contributed by atoms with Crippen molar-refractivity contribution in [2.75, 3.05) is 5.32 Å². The number of halogens is 1. The van der Waals surface area contributed by atoms with Crippen LogP contribution < -0.4 is 15.8 Å². The van der Waals surface area contributed by atoms with Crippen LogP contribution in [0.1, 0.15) is 12.0 Å². The Morgan fingerprint density at radius 2 is 1.93 bits per heavy atom. The number of rotatable bonds is 8. The Hall–Kier alpha value is -2.99. The maximum atomic E-state index is 10.9. The van der Waals surface area contributed by atoms with Gasteiger partial charge >= 0.3 is 6.03 Å².